The van der Waals surface area contributed by atoms with Gasteiger partial charge in [0, 0.05) is 19.7 Å². The van der Waals surface area contributed by atoms with Crippen molar-refractivity contribution in [2.24, 2.45) is 14.1 Å². The molecule has 2 aromatic rings. The number of anilines is 1. The first-order valence-corrected chi connectivity index (χ1v) is 7.95. The third kappa shape index (κ3) is 2.64. The zero-order valence-corrected chi connectivity index (χ0v) is 15.0. The summed E-state index contributed by atoms with van der Waals surface area (Å²) in [5, 5.41) is 15.4. The van der Waals surface area contributed by atoms with Crippen molar-refractivity contribution in [3.05, 3.63) is 50.2 Å². The summed E-state index contributed by atoms with van der Waals surface area (Å²) >= 11 is 5.11. The fourth-order valence-corrected chi connectivity index (χ4v) is 3.04. The van der Waals surface area contributed by atoms with Crippen LogP contribution < -0.4 is 26.6 Å². The first kappa shape index (κ1) is 17.7. The number of hydrogen-bond donors (Lipinski definition) is 3. The predicted molar refractivity (Wildman–Crippen MR) is 98.0 cm³/mol. The molecular weight excluding hydrogens is 360 g/mol. The standard InChI is InChI=1S/C16H16N4O5S/c1-19-13-10(14(23)20(2)16(19)24)11(17-15(26)18-13)12(22)7-4-5-8(21)9(6-7)25-3/h4-6,11,21H,1-3H3,(H2,17,18,26). The van der Waals surface area contributed by atoms with Gasteiger partial charge in [-0.2, -0.15) is 0 Å². The average Bonchev–Trinajstić information content (AvgIpc) is 2.63. The van der Waals surface area contributed by atoms with E-state index in [4.69, 9.17) is 17.0 Å². The molecule has 1 aliphatic heterocycles. The van der Waals surface area contributed by atoms with Crippen LogP contribution >= 0.6 is 12.2 Å². The van der Waals surface area contributed by atoms with Gasteiger partial charge in [-0.15, -0.1) is 0 Å². The summed E-state index contributed by atoms with van der Waals surface area (Å²) in [6, 6.07) is 3.03. The lowest BCUT2D eigenvalue weighted by Gasteiger charge is -2.29. The molecule has 0 saturated carbocycles. The lowest BCUT2D eigenvalue weighted by Crippen LogP contribution is -2.50. The van der Waals surface area contributed by atoms with E-state index >= 15 is 0 Å². The fourth-order valence-electron chi connectivity index (χ4n) is 2.82. The molecule has 0 fully saturated rings. The molecule has 0 amide bonds. The van der Waals surface area contributed by atoms with Crippen LogP contribution in [0.5, 0.6) is 11.5 Å². The Labute approximate surface area is 152 Å². The second kappa shape index (κ2) is 6.30. The second-order valence-electron chi connectivity index (χ2n) is 5.75. The lowest BCUT2D eigenvalue weighted by molar-refractivity contribution is 0.0950. The molecule has 1 aliphatic rings. The van der Waals surface area contributed by atoms with E-state index in [0.29, 0.717) is 0 Å². The fraction of sp³-hybridized carbons (Fsp3) is 0.250. The molecule has 9 nitrogen and oxygen atoms in total. The van der Waals surface area contributed by atoms with Gasteiger partial charge >= 0.3 is 5.69 Å². The van der Waals surface area contributed by atoms with E-state index in [-0.39, 0.29) is 33.6 Å². The summed E-state index contributed by atoms with van der Waals surface area (Å²) in [5.41, 5.74) is -0.845. The highest BCUT2D eigenvalue weighted by Gasteiger charge is 2.34. The average molecular weight is 376 g/mol. The van der Waals surface area contributed by atoms with Crippen molar-refractivity contribution in [3.8, 4) is 11.5 Å². The van der Waals surface area contributed by atoms with E-state index in [2.05, 4.69) is 10.6 Å². The first-order valence-electron chi connectivity index (χ1n) is 7.55. The quantitative estimate of drug-likeness (QED) is 0.508. The molecule has 26 heavy (non-hydrogen) atoms. The van der Waals surface area contributed by atoms with E-state index in [1.165, 1.54) is 44.0 Å². The van der Waals surface area contributed by atoms with Crippen LogP contribution in [0.2, 0.25) is 0 Å². The highest BCUT2D eigenvalue weighted by Crippen LogP contribution is 2.30. The van der Waals surface area contributed by atoms with Gasteiger partial charge in [0.25, 0.3) is 5.56 Å². The van der Waals surface area contributed by atoms with E-state index in [0.717, 1.165) is 4.57 Å². The zero-order chi connectivity index (χ0) is 19.2. The number of thiocarbonyl (C=S) groups is 1. The molecule has 1 atom stereocenters. The van der Waals surface area contributed by atoms with Crippen molar-refractivity contribution >= 4 is 28.9 Å². The van der Waals surface area contributed by atoms with E-state index in [1.807, 2.05) is 0 Å². The Morgan fingerprint density at radius 2 is 1.96 bits per heavy atom. The number of nitrogens with zero attached hydrogens (tertiary/aromatic N) is 2. The van der Waals surface area contributed by atoms with Crippen molar-refractivity contribution in [2.75, 3.05) is 12.4 Å². The molecule has 3 N–H and O–H groups in total. The lowest BCUT2D eigenvalue weighted by atomic mass is 9.97. The molecule has 1 unspecified atom stereocenters. The van der Waals surface area contributed by atoms with Gasteiger partial charge in [0.15, 0.2) is 22.4 Å². The van der Waals surface area contributed by atoms with E-state index < -0.39 is 23.1 Å². The van der Waals surface area contributed by atoms with Gasteiger partial charge in [-0.1, -0.05) is 0 Å². The molecule has 0 saturated heterocycles. The van der Waals surface area contributed by atoms with Crippen molar-refractivity contribution in [1.29, 1.82) is 0 Å². The highest BCUT2D eigenvalue weighted by atomic mass is 32.1. The Morgan fingerprint density at radius 1 is 1.27 bits per heavy atom. The van der Waals surface area contributed by atoms with Gasteiger partial charge in [0.1, 0.15) is 11.9 Å². The minimum Gasteiger partial charge on any atom is -0.504 e. The number of methoxy groups -OCH3 is 1. The number of hydrogen-bond acceptors (Lipinski definition) is 6. The van der Waals surface area contributed by atoms with Crippen LogP contribution in [0.15, 0.2) is 27.8 Å². The van der Waals surface area contributed by atoms with Crippen molar-refractivity contribution in [3.63, 3.8) is 0 Å². The van der Waals surface area contributed by atoms with Crippen molar-refractivity contribution in [1.82, 2.24) is 14.5 Å². The topological polar surface area (TPSA) is 115 Å². The molecule has 2 heterocycles. The number of rotatable bonds is 3. The largest absolute Gasteiger partial charge is 0.504 e. The van der Waals surface area contributed by atoms with Crippen molar-refractivity contribution in [2.45, 2.75) is 6.04 Å². The van der Waals surface area contributed by atoms with E-state index in [9.17, 15) is 19.5 Å². The molecule has 1 aromatic heterocycles. The summed E-state index contributed by atoms with van der Waals surface area (Å²) in [6.07, 6.45) is 0. The molecular formula is C16H16N4O5S. The number of phenols is 1. The molecule has 0 radical (unpaired) electrons. The number of nitrogens with one attached hydrogen (secondary N) is 2. The Hall–Kier alpha value is -3.14. The Bertz CT molecular complexity index is 1060. The second-order valence-corrected chi connectivity index (χ2v) is 6.16. The number of Topliss-reactive ketones (excluding diaryl/α,β-unsaturated/α-hetero) is 1. The molecule has 136 valence electrons. The summed E-state index contributed by atoms with van der Waals surface area (Å²) in [5.74, 6) is -0.271. The van der Waals surface area contributed by atoms with Gasteiger partial charge in [-0.25, -0.2) is 4.79 Å². The maximum absolute atomic E-state index is 13.0. The number of ether oxygens (including phenoxy) is 1. The van der Waals surface area contributed by atoms with E-state index in [1.54, 1.807) is 0 Å². The number of benzene rings is 1. The van der Waals surface area contributed by atoms with Gasteiger partial charge in [-0.05, 0) is 30.4 Å². The zero-order valence-electron chi connectivity index (χ0n) is 14.2. The number of aromatic nitrogens is 2. The molecule has 10 heteroatoms. The Balaban J connectivity index is 2.19. The normalized spacial score (nSPS) is 15.7. The number of ketones is 1. The van der Waals surface area contributed by atoms with Gasteiger partial charge in [-0.3, -0.25) is 18.7 Å². The van der Waals surface area contributed by atoms with Gasteiger partial charge < -0.3 is 20.5 Å². The number of carbonyl (C=O) groups is 1. The number of fused-ring (bicyclic) bond motifs is 1. The molecule has 3 rings (SSSR count). The Kier molecular flexibility index (Phi) is 4.28. The van der Waals surface area contributed by atoms with Crippen LogP contribution in [-0.2, 0) is 14.1 Å². The number of aromatic hydroxyl groups is 1. The SMILES string of the molecule is COc1cc(C(=O)C2NC(=S)Nc3c2c(=O)n(C)c(=O)n3C)ccc1O. The van der Waals surface area contributed by atoms with Crippen LogP contribution in [0.25, 0.3) is 0 Å². The van der Waals surface area contributed by atoms with Crippen LogP contribution in [0, 0.1) is 0 Å². The third-order valence-corrected chi connectivity index (χ3v) is 4.44. The smallest absolute Gasteiger partial charge is 0.332 e. The molecule has 0 bridgehead atoms. The predicted octanol–water partition coefficient (Wildman–Crippen LogP) is 0.0222. The summed E-state index contributed by atoms with van der Waals surface area (Å²) in [6.45, 7) is 0. The maximum atomic E-state index is 13.0. The van der Waals surface area contributed by atoms with Crippen molar-refractivity contribution < 1.29 is 14.6 Å². The number of phenolic OH excluding ortho intramolecular Hbond substituents is 1. The number of carbonyl (C=O) groups excluding carboxylic acids is 1. The van der Waals surface area contributed by atoms with Gasteiger partial charge in [0.2, 0.25) is 0 Å². The van der Waals surface area contributed by atoms with Crippen LogP contribution in [0.1, 0.15) is 22.0 Å². The first-order chi connectivity index (χ1) is 12.3. The molecule has 0 spiro atoms. The minimum absolute atomic E-state index is 0.0836. The minimum atomic E-state index is -1.08. The molecule has 1 aromatic carbocycles. The van der Waals surface area contributed by atoms with Crippen LogP contribution in [0.4, 0.5) is 5.82 Å². The maximum Gasteiger partial charge on any atom is 0.332 e. The molecule has 0 aliphatic carbocycles. The summed E-state index contributed by atoms with van der Waals surface area (Å²) < 4.78 is 7.17. The monoisotopic (exact) mass is 376 g/mol. The highest BCUT2D eigenvalue weighted by molar-refractivity contribution is 7.80. The van der Waals surface area contributed by atoms with Gasteiger partial charge in [0.05, 0.1) is 12.7 Å². The Morgan fingerprint density at radius 3 is 2.62 bits per heavy atom. The summed E-state index contributed by atoms with van der Waals surface area (Å²) in [4.78, 5) is 37.8. The summed E-state index contributed by atoms with van der Waals surface area (Å²) in [7, 11) is 4.18. The van der Waals surface area contributed by atoms with Crippen LogP contribution in [0.3, 0.4) is 0 Å². The van der Waals surface area contributed by atoms with Crippen LogP contribution in [-0.4, -0.2) is 32.2 Å². The third-order valence-electron chi connectivity index (χ3n) is 4.22.